The van der Waals surface area contributed by atoms with E-state index < -0.39 is 42.0 Å². The largest absolute Gasteiger partial charge is 0.497 e. The number of nitrogens with one attached hydrogen (secondary N) is 1. The zero-order valence-electron chi connectivity index (χ0n) is 36.4. The third-order valence-corrected chi connectivity index (χ3v) is 17.0. The average Bonchev–Trinajstić information content (AvgIpc) is 3.61. The van der Waals surface area contributed by atoms with Crippen molar-refractivity contribution in [2.45, 2.75) is 122 Å². The van der Waals surface area contributed by atoms with Crippen LogP contribution in [0.15, 0.2) is 71.0 Å². The molecule has 1 saturated heterocycles. The lowest BCUT2D eigenvalue weighted by atomic mass is 9.77. The molecule has 4 aromatic rings. The van der Waals surface area contributed by atoms with Crippen LogP contribution in [0.1, 0.15) is 91.5 Å². The summed E-state index contributed by atoms with van der Waals surface area (Å²) in [5.41, 5.74) is 1.86. The van der Waals surface area contributed by atoms with Gasteiger partial charge in [0.15, 0.2) is 10.9 Å². The molecule has 2 aliphatic carbocycles. The molecule has 7 rings (SSSR count). The number of methoxy groups -OCH3 is 1. The fourth-order valence-corrected chi connectivity index (χ4v) is 13.1. The Morgan fingerprint density at radius 2 is 1.84 bits per heavy atom. The molecule has 6 atom stereocenters. The van der Waals surface area contributed by atoms with E-state index in [1.807, 2.05) is 82.5 Å². The number of thiazole rings is 1. The Balaban J connectivity index is 1.22. The van der Waals surface area contributed by atoms with Gasteiger partial charge in [-0.05, 0) is 81.0 Å². The lowest BCUT2D eigenvalue weighted by Gasteiger charge is -2.35. The summed E-state index contributed by atoms with van der Waals surface area (Å²) in [5, 5.41) is 5.51. The molecule has 15 heteroatoms. The second-order valence-electron chi connectivity index (χ2n) is 18.5. The Morgan fingerprint density at radius 1 is 1.10 bits per heavy atom. The van der Waals surface area contributed by atoms with Gasteiger partial charge >= 0.3 is 5.97 Å². The zero-order valence-corrected chi connectivity index (χ0v) is 39.7. The Bertz CT molecular complexity index is 2380. The number of Topliss-reactive ketones (excluding diaryl/α,β-unsaturated/α-hetero) is 1. The van der Waals surface area contributed by atoms with Crippen molar-refractivity contribution in [1.29, 1.82) is 0 Å². The van der Waals surface area contributed by atoms with Gasteiger partial charge in [-0.25, -0.2) is 9.97 Å². The van der Waals surface area contributed by atoms with Crippen LogP contribution in [-0.2, 0) is 29.8 Å². The quantitative estimate of drug-likeness (QED) is 0.0590. The first-order valence-corrected chi connectivity index (χ1v) is 25.0. The number of fused-ring (bicyclic) bond motifs is 1. The molecule has 2 saturated carbocycles. The van der Waals surface area contributed by atoms with Crippen LogP contribution < -0.4 is 14.8 Å². The summed E-state index contributed by atoms with van der Waals surface area (Å²) in [6, 6.07) is 13.8. The minimum absolute atomic E-state index is 0.0551. The number of hydrogen-bond acceptors (Lipinski definition) is 11. The van der Waals surface area contributed by atoms with E-state index in [4.69, 9.17) is 24.2 Å². The molecule has 0 radical (unpaired) electrons. The number of hydrogen-bond donors (Lipinski definition) is 2. The van der Waals surface area contributed by atoms with Gasteiger partial charge in [0.1, 0.15) is 29.4 Å². The average molecular weight is 950 g/mol. The molecule has 1 aliphatic heterocycles. The Hall–Kier alpha value is -4.10. The number of anilines is 1. The van der Waals surface area contributed by atoms with Crippen LogP contribution in [0.4, 0.5) is 5.13 Å². The number of esters is 1. The highest BCUT2D eigenvalue weighted by Crippen LogP contribution is 2.74. The normalized spacial score (nSPS) is 22.9. The van der Waals surface area contributed by atoms with Crippen molar-refractivity contribution in [1.82, 2.24) is 14.9 Å². The molecule has 2 aromatic carbocycles. The number of amides is 1. The minimum Gasteiger partial charge on any atom is -0.497 e. The van der Waals surface area contributed by atoms with E-state index in [-0.39, 0.29) is 61.7 Å². The molecule has 3 fully saturated rings. The van der Waals surface area contributed by atoms with Crippen LogP contribution >= 0.6 is 34.6 Å². The van der Waals surface area contributed by atoms with Crippen molar-refractivity contribution in [3.05, 3.63) is 76.6 Å². The first-order chi connectivity index (χ1) is 29.4. The molecule has 3 heterocycles. The van der Waals surface area contributed by atoms with Crippen molar-refractivity contribution in [3.63, 3.8) is 0 Å². The minimum atomic E-state index is -4.01. The van der Waals surface area contributed by atoms with E-state index in [0.29, 0.717) is 50.2 Å². The standard InChI is InChI=1S/C47H58BrN4O8PS/c1-8-30-23-47(30,61(56,57)26-29-13-9-12-16-36(29)48)24-41(53)40-20-33(25-52(40)44(55)35(46(4,5)6)21-43(54)60-31-14-10-11-15-31)59-42-22-38(39-27-62-45(51-39)49-28(2)3)50-37-19-32(58-7)17-18-34(37)42/h8-9,12-13,16-19,22,27-28,30-31,33,35,40H,1,10-11,14-15,20-21,23-26H2,2-7H3,(H,49,51)(H,56,57)/t30-,33-,35-,40+,47-/m1/s1. The van der Waals surface area contributed by atoms with Crippen molar-refractivity contribution < 1.29 is 38.1 Å². The number of aromatic nitrogens is 2. The molecule has 2 N–H and O–H groups in total. The van der Waals surface area contributed by atoms with Crippen LogP contribution in [-0.4, -0.2) is 80.5 Å². The molecule has 62 heavy (non-hydrogen) atoms. The van der Waals surface area contributed by atoms with E-state index in [9.17, 15) is 19.0 Å². The number of ether oxygens (including phenoxy) is 3. The van der Waals surface area contributed by atoms with Crippen molar-refractivity contribution in [2.75, 3.05) is 19.0 Å². The van der Waals surface area contributed by atoms with E-state index >= 15 is 4.79 Å². The molecule has 0 spiro atoms. The third kappa shape index (κ3) is 9.98. The summed E-state index contributed by atoms with van der Waals surface area (Å²) in [7, 11) is -2.42. The maximum absolute atomic E-state index is 15.0. The number of carbonyl (C=O) groups is 3. The maximum atomic E-state index is 15.0. The lowest BCUT2D eigenvalue weighted by Crippen LogP contribution is -2.48. The van der Waals surface area contributed by atoms with Crippen molar-refractivity contribution >= 4 is 68.3 Å². The van der Waals surface area contributed by atoms with Gasteiger partial charge in [0, 0.05) is 46.3 Å². The van der Waals surface area contributed by atoms with Crippen LogP contribution in [0.2, 0.25) is 0 Å². The number of ketones is 1. The van der Waals surface area contributed by atoms with Gasteiger partial charge in [0.05, 0.1) is 54.6 Å². The molecular weight excluding hydrogens is 891 g/mol. The third-order valence-electron chi connectivity index (χ3n) is 12.6. The number of likely N-dealkylation sites (tertiary alicyclic amines) is 1. The molecule has 2 aromatic heterocycles. The summed E-state index contributed by atoms with van der Waals surface area (Å²) < 4.78 is 33.4. The van der Waals surface area contributed by atoms with E-state index in [2.05, 4.69) is 27.8 Å². The maximum Gasteiger partial charge on any atom is 0.306 e. The van der Waals surface area contributed by atoms with E-state index in [1.165, 1.54) is 11.3 Å². The molecule has 332 valence electrons. The molecule has 0 bridgehead atoms. The van der Waals surface area contributed by atoms with Gasteiger partial charge in [-0.3, -0.25) is 18.9 Å². The van der Waals surface area contributed by atoms with Crippen molar-refractivity contribution in [3.8, 4) is 22.9 Å². The second kappa shape index (κ2) is 18.6. The summed E-state index contributed by atoms with van der Waals surface area (Å²) in [6.07, 6.45) is 4.47. The summed E-state index contributed by atoms with van der Waals surface area (Å²) in [6.45, 7) is 13.8. The Kier molecular flexibility index (Phi) is 13.7. The monoisotopic (exact) mass is 948 g/mol. The molecular formula is C47H58BrN4O8PS. The lowest BCUT2D eigenvalue weighted by molar-refractivity contribution is -0.156. The highest BCUT2D eigenvalue weighted by Gasteiger charge is 2.65. The first-order valence-electron chi connectivity index (χ1n) is 21.5. The molecule has 1 unspecified atom stereocenters. The van der Waals surface area contributed by atoms with E-state index in [1.54, 1.807) is 24.2 Å². The predicted octanol–water partition coefficient (Wildman–Crippen LogP) is 10.2. The van der Waals surface area contributed by atoms with Crippen LogP contribution in [0, 0.1) is 17.3 Å². The highest BCUT2D eigenvalue weighted by molar-refractivity contribution is 9.10. The van der Waals surface area contributed by atoms with Gasteiger partial charge in [0.2, 0.25) is 13.3 Å². The van der Waals surface area contributed by atoms with Gasteiger partial charge in [0.25, 0.3) is 0 Å². The van der Waals surface area contributed by atoms with Gasteiger partial charge in [-0.15, -0.1) is 17.9 Å². The summed E-state index contributed by atoms with van der Waals surface area (Å²) >= 11 is 5.00. The number of halogens is 1. The van der Waals surface area contributed by atoms with Gasteiger partial charge < -0.3 is 29.3 Å². The zero-order chi connectivity index (χ0) is 44.6. The Morgan fingerprint density at radius 3 is 2.50 bits per heavy atom. The SMILES string of the molecule is C=C[C@@H]1C[C@]1(CC(=O)[C@@H]1C[C@@H](Oc2cc(-c3csc(NC(C)C)n3)nc3cc(OC)ccc23)CN1C(=O)[C@@H](CC(=O)OC1CCCC1)C(C)(C)C)P(=O)(O)Cc1ccccc1Br. The number of allylic oxidation sites excluding steroid dienone is 1. The smallest absolute Gasteiger partial charge is 0.306 e. The molecule has 3 aliphatic rings. The van der Waals surface area contributed by atoms with Crippen LogP contribution in [0.3, 0.4) is 0 Å². The van der Waals surface area contributed by atoms with Gasteiger partial charge in [-0.2, -0.15) is 0 Å². The number of benzene rings is 2. The van der Waals surface area contributed by atoms with Crippen LogP contribution in [0.5, 0.6) is 11.5 Å². The molecule has 12 nitrogen and oxygen atoms in total. The highest BCUT2D eigenvalue weighted by atomic mass is 79.9. The van der Waals surface area contributed by atoms with Crippen LogP contribution in [0.25, 0.3) is 22.3 Å². The molecule has 1 amide bonds. The fourth-order valence-electron chi connectivity index (χ4n) is 9.01. The number of pyridine rings is 1. The van der Waals surface area contributed by atoms with E-state index in [0.717, 1.165) is 30.8 Å². The topological polar surface area (TPSA) is 157 Å². The fraction of sp³-hybridized carbons (Fsp3) is 0.511. The first kappa shape index (κ1) is 45.9. The predicted molar refractivity (Wildman–Crippen MR) is 247 cm³/mol. The number of carbonyl (C=O) groups excluding carboxylic acids is 3. The van der Waals surface area contributed by atoms with Crippen molar-refractivity contribution in [2.24, 2.45) is 17.3 Å². The van der Waals surface area contributed by atoms with Gasteiger partial charge in [-0.1, -0.05) is 61.0 Å². The summed E-state index contributed by atoms with van der Waals surface area (Å²) in [4.78, 5) is 66.5. The number of nitrogens with zero attached hydrogens (tertiary/aromatic N) is 3. The Labute approximate surface area is 376 Å². The number of rotatable bonds is 17. The second-order valence-corrected chi connectivity index (χ2v) is 22.8. The summed E-state index contributed by atoms with van der Waals surface area (Å²) in [5.74, 6) is -1.16.